The smallest absolute Gasteiger partial charge is 0.413 e. The summed E-state index contributed by atoms with van der Waals surface area (Å²) in [5.74, 6) is 0. The van der Waals surface area contributed by atoms with Crippen LogP contribution in [-0.4, -0.2) is 24.1 Å². The van der Waals surface area contributed by atoms with Crippen molar-refractivity contribution >= 4 is 6.09 Å². The van der Waals surface area contributed by atoms with Crippen LogP contribution in [-0.2, 0) is 4.74 Å². The molecule has 1 rings (SSSR count). The molecule has 1 saturated heterocycles. The number of amides is 1. The van der Waals surface area contributed by atoms with E-state index in [1.165, 1.54) is 0 Å². The molecule has 0 N–H and O–H groups in total. The molecule has 0 radical (unpaired) electrons. The molecule has 1 fully saturated rings. The molecule has 0 aliphatic carbocycles. The van der Waals surface area contributed by atoms with Crippen LogP contribution in [0, 0.1) is 0 Å². The standard InChI is InChI=1S/C6H9NO2/c1-2-3-7-4-5-9-6(7)8/h2-3H,4-5H2,1H3. The number of carbonyl (C=O) groups excluding carboxylic acids is 1. The van der Waals surface area contributed by atoms with Crippen LogP contribution in [0.1, 0.15) is 6.92 Å². The lowest BCUT2D eigenvalue weighted by Gasteiger charge is -2.02. The van der Waals surface area contributed by atoms with Crippen molar-refractivity contribution in [3.8, 4) is 0 Å². The van der Waals surface area contributed by atoms with Crippen LogP contribution in [0.3, 0.4) is 0 Å². The molecule has 0 spiro atoms. The number of nitrogens with zero attached hydrogens (tertiary/aromatic N) is 1. The predicted molar refractivity (Wildman–Crippen MR) is 32.9 cm³/mol. The molecule has 0 atom stereocenters. The van der Waals surface area contributed by atoms with Crippen molar-refractivity contribution in [2.75, 3.05) is 13.2 Å². The van der Waals surface area contributed by atoms with Crippen molar-refractivity contribution in [3.05, 3.63) is 12.3 Å². The highest BCUT2D eigenvalue weighted by Crippen LogP contribution is 2.02. The van der Waals surface area contributed by atoms with Crippen LogP contribution >= 0.6 is 0 Å². The van der Waals surface area contributed by atoms with Crippen LogP contribution in [0.4, 0.5) is 4.79 Å². The molecule has 0 unspecified atom stereocenters. The van der Waals surface area contributed by atoms with Gasteiger partial charge in [0.15, 0.2) is 0 Å². The number of ether oxygens (including phenoxy) is 1. The van der Waals surface area contributed by atoms with Gasteiger partial charge in [-0.2, -0.15) is 0 Å². The van der Waals surface area contributed by atoms with Gasteiger partial charge < -0.3 is 4.74 Å². The summed E-state index contributed by atoms with van der Waals surface area (Å²) in [6.07, 6.45) is 3.29. The lowest BCUT2D eigenvalue weighted by molar-refractivity contribution is 0.166. The Balaban J connectivity index is 2.49. The molecule has 3 nitrogen and oxygen atoms in total. The van der Waals surface area contributed by atoms with Crippen molar-refractivity contribution in [1.82, 2.24) is 4.90 Å². The van der Waals surface area contributed by atoms with E-state index in [1.807, 2.05) is 13.0 Å². The summed E-state index contributed by atoms with van der Waals surface area (Å²) in [6, 6.07) is 0. The largest absolute Gasteiger partial charge is 0.447 e. The summed E-state index contributed by atoms with van der Waals surface area (Å²) in [7, 11) is 0. The van der Waals surface area contributed by atoms with Crippen molar-refractivity contribution in [2.24, 2.45) is 0 Å². The third kappa shape index (κ3) is 1.22. The van der Waals surface area contributed by atoms with E-state index in [0.717, 1.165) is 0 Å². The molecule has 0 aromatic rings. The quantitative estimate of drug-likeness (QED) is 0.525. The third-order valence-corrected chi connectivity index (χ3v) is 1.12. The second-order valence-corrected chi connectivity index (χ2v) is 1.79. The Morgan fingerprint density at radius 2 is 2.56 bits per heavy atom. The van der Waals surface area contributed by atoms with Crippen molar-refractivity contribution in [1.29, 1.82) is 0 Å². The maximum Gasteiger partial charge on any atom is 0.413 e. The summed E-state index contributed by atoms with van der Waals surface area (Å²) >= 11 is 0. The molecule has 0 aromatic heterocycles. The monoisotopic (exact) mass is 127 g/mol. The highest BCUT2D eigenvalue weighted by atomic mass is 16.6. The van der Waals surface area contributed by atoms with Gasteiger partial charge in [0.05, 0.1) is 6.54 Å². The van der Waals surface area contributed by atoms with E-state index in [0.29, 0.717) is 13.2 Å². The second kappa shape index (κ2) is 2.53. The van der Waals surface area contributed by atoms with Crippen LogP contribution in [0.15, 0.2) is 12.3 Å². The minimum Gasteiger partial charge on any atom is -0.447 e. The van der Waals surface area contributed by atoms with Gasteiger partial charge >= 0.3 is 6.09 Å². The fourth-order valence-corrected chi connectivity index (χ4v) is 0.721. The first-order valence-corrected chi connectivity index (χ1v) is 2.91. The number of hydrogen-bond donors (Lipinski definition) is 0. The van der Waals surface area contributed by atoms with Crippen molar-refractivity contribution in [2.45, 2.75) is 6.92 Å². The first-order chi connectivity index (χ1) is 4.34. The van der Waals surface area contributed by atoms with E-state index in [1.54, 1.807) is 11.1 Å². The zero-order valence-corrected chi connectivity index (χ0v) is 5.33. The second-order valence-electron chi connectivity index (χ2n) is 1.79. The molecule has 1 amide bonds. The average molecular weight is 127 g/mol. The lowest BCUT2D eigenvalue weighted by atomic mass is 10.6. The van der Waals surface area contributed by atoms with Gasteiger partial charge in [0.1, 0.15) is 6.61 Å². The Morgan fingerprint density at radius 3 is 3.00 bits per heavy atom. The van der Waals surface area contributed by atoms with Crippen LogP contribution in [0.2, 0.25) is 0 Å². The molecule has 1 aliphatic heterocycles. The van der Waals surface area contributed by atoms with Gasteiger partial charge in [-0.3, -0.25) is 4.90 Å². The molecule has 0 aromatic carbocycles. The Hall–Kier alpha value is -0.990. The van der Waals surface area contributed by atoms with E-state index < -0.39 is 0 Å². The molecule has 1 heterocycles. The van der Waals surface area contributed by atoms with Crippen LogP contribution in [0.5, 0.6) is 0 Å². The Morgan fingerprint density at radius 1 is 1.78 bits per heavy atom. The van der Waals surface area contributed by atoms with Gasteiger partial charge in [0.25, 0.3) is 0 Å². The predicted octanol–water partition coefficient (Wildman–Crippen LogP) is 0.972. The molecule has 0 bridgehead atoms. The molecule has 1 aliphatic rings. The van der Waals surface area contributed by atoms with E-state index in [-0.39, 0.29) is 6.09 Å². The number of allylic oxidation sites excluding steroid dienone is 1. The van der Waals surface area contributed by atoms with Gasteiger partial charge in [-0.25, -0.2) is 4.79 Å². The Bertz CT molecular complexity index is 142. The van der Waals surface area contributed by atoms with Crippen LogP contribution in [0.25, 0.3) is 0 Å². The normalized spacial score (nSPS) is 19.2. The first-order valence-electron chi connectivity index (χ1n) is 2.91. The topological polar surface area (TPSA) is 29.5 Å². The van der Waals surface area contributed by atoms with Gasteiger partial charge in [0, 0.05) is 6.20 Å². The molecule has 0 saturated carbocycles. The van der Waals surface area contributed by atoms with Gasteiger partial charge in [-0.05, 0) is 6.92 Å². The van der Waals surface area contributed by atoms with Gasteiger partial charge in [-0.1, -0.05) is 6.08 Å². The van der Waals surface area contributed by atoms with E-state index in [9.17, 15) is 4.79 Å². The maximum absolute atomic E-state index is 10.6. The SMILES string of the molecule is CC=CN1CCOC1=O. The van der Waals surface area contributed by atoms with E-state index in [2.05, 4.69) is 4.74 Å². The summed E-state index contributed by atoms with van der Waals surface area (Å²) in [5, 5.41) is 0. The number of carbonyl (C=O) groups is 1. The summed E-state index contributed by atoms with van der Waals surface area (Å²) < 4.78 is 4.65. The van der Waals surface area contributed by atoms with Crippen molar-refractivity contribution in [3.63, 3.8) is 0 Å². The minimum atomic E-state index is -0.242. The van der Waals surface area contributed by atoms with Crippen molar-refractivity contribution < 1.29 is 9.53 Å². The minimum absolute atomic E-state index is 0.242. The molecule has 50 valence electrons. The zero-order valence-electron chi connectivity index (χ0n) is 5.33. The highest BCUT2D eigenvalue weighted by molar-refractivity contribution is 5.70. The number of hydrogen-bond acceptors (Lipinski definition) is 2. The highest BCUT2D eigenvalue weighted by Gasteiger charge is 2.18. The van der Waals surface area contributed by atoms with Gasteiger partial charge in [0.2, 0.25) is 0 Å². The fraction of sp³-hybridized carbons (Fsp3) is 0.500. The molecule has 3 heteroatoms. The van der Waals surface area contributed by atoms with Crippen LogP contribution < -0.4 is 0 Å². The Labute approximate surface area is 53.9 Å². The third-order valence-electron chi connectivity index (χ3n) is 1.12. The maximum atomic E-state index is 10.6. The average Bonchev–Trinajstić information content (AvgIpc) is 2.18. The van der Waals surface area contributed by atoms with Gasteiger partial charge in [-0.15, -0.1) is 0 Å². The Kier molecular flexibility index (Phi) is 1.72. The summed E-state index contributed by atoms with van der Waals surface area (Å²) in [5.41, 5.74) is 0. The lowest BCUT2D eigenvalue weighted by Crippen LogP contribution is -2.16. The van der Waals surface area contributed by atoms with E-state index in [4.69, 9.17) is 0 Å². The zero-order chi connectivity index (χ0) is 6.69. The molecule has 9 heavy (non-hydrogen) atoms. The molecular formula is C6H9NO2. The molecular weight excluding hydrogens is 118 g/mol. The summed E-state index contributed by atoms with van der Waals surface area (Å²) in [4.78, 5) is 12.2. The number of cyclic esters (lactones) is 1. The fourth-order valence-electron chi connectivity index (χ4n) is 0.721. The number of rotatable bonds is 1. The first kappa shape index (κ1) is 6.13. The van der Waals surface area contributed by atoms with E-state index >= 15 is 0 Å². The summed E-state index contributed by atoms with van der Waals surface area (Å²) in [6.45, 7) is 3.07.